The summed E-state index contributed by atoms with van der Waals surface area (Å²) in [6.07, 6.45) is -3.13. The zero-order valence-corrected chi connectivity index (χ0v) is 12.4. The summed E-state index contributed by atoms with van der Waals surface area (Å²) in [5.74, 6) is -1.58. The van der Waals surface area contributed by atoms with Crippen molar-refractivity contribution in [3.8, 4) is 0 Å². The largest absolute Gasteiger partial charge is 0.451 e. The van der Waals surface area contributed by atoms with Gasteiger partial charge in [0.25, 0.3) is 0 Å². The number of anilines is 1. The van der Waals surface area contributed by atoms with Crippen molar-refractivity contribution in [2.45, 2.75) is 32.9 Å². The van der Waals surface area contributed by atoms with Crippen molar-refractivity contribution in [2.24, 2.45) is 0 Å². The van der Waals surface area contributed by atoms with Crippen LogP contribution in [-0.2, 0) is 6.18 Å². The summed E-state index contributed by atoms with van der Waals surface area (Å²) in [4.78, 5) is 8.94. The normalized spacial score (nSPS) is 11.9. The van der Waals surface area contributed by atoms with Crippen LogP contribution < -0.4 is 4.90 Å². The minimum atomic E-state index is -4.64. The molecule has 3 nitrogen and oxygen atoms in total. The Kier molecular flexibility index (Phi) is 4.83. The number of hydrogen-bond acceptors (Lipinski definition) is 3. The van der Waals surface area contributed by atoms with E-state index in [0.29, 0.717) is 18.5 Å². The molecule has 120 valence electrons. The lowest BCUT2D eigenvalue weighted by Crippen LogP contribution is -2.27. The van der Waals surface area contributed by atoms with E-state index in [1.54, 1.807) is 4.90 Å². The van der Waals surface area contributed by atoms with Crippen molar-refractivity contribution in [3.05, 3.63) is 29.8 Å². The van der Waals surface area contributed by atoms with E-state index >= 15 is 0 Å². The number of rotatable bonds is 5. The average molecular weight is 315 g/mol. The lowest BCUT2D eigenvalue weighted by atomic mass is 10.2. The third-order valence-corrected chi connectivity index (χ3v) is 3.18. The van der Waals surface area contributed by atoms with Crippen LogP contribution >= 0.6 is 0 Å². The first kappa shape index (κ1) is 16.5. The quantitative estimate of drug-likeness (QED) is 0.765. The second-order valence-corrected chi connectivity index (χ2v) is 5.02. The van der Waals surface area contributed by atoms with Gasteiger partial charge in [0.05, 0.1) is 5.52 Å². The summed E-state index contributed by atoms with van der Waals surface area (Å²) in [7, 11) is 0. The van der Waals surface area contributed by atoms with Gasteiger partial charge in [0.2, 0.25) is 5.82 Å². The zero-order chi connectivity index (χ0) is 16.3. The average Bonchev–Trinajstić information content (AvgIpc) is 2.45. The maximum Gasteiger partial charge on any atom is 0.451 e. The number of hydrogen-bond donors (Lipinski definition) is 0. The molecule has 0 radical (unpaired) electrons. The fourth-order valence-electron chi connectivity index (χ4n) is 2.32. The standard InChI is InChI=1S/C15H17F4N3/c1-3-7-22(8-4-2)13-11-9-10(16)5-6-12(11)20-14(21-13)15(17,18)19/h5-6,9H,3-4,7-8H2,1-2H3. The van der Waals surface area contributed by atoms with Gasteiger partial charge in [0.15, 0.2) is 0 Å². The van der Waals surface area contributed by atoms with Gasteiger partial charge in [-0.05, 0) is 31.0 Å². The molecule has 0 amide bonds. The van der Waals surface area contributed by atoms with Crippen LogP contribution in [0.1, 0.15) is 32.5 Å². The van der Waals surface area contributed by atoms with Crippen molar-refractivity contribution in [1.29, 1.82) is 0 Å². The molecular formula is C15H17F4N3. The lowest BCUT2D eigenvalue weighted by Gasteiger charge is -2.24. The van der Waals surface area contributed by atoms with E-state index < -0.39 is 17.8 Å². The van der Waals surface area contributed by atoms with E-state index in [1.165, 1.54) is 12.1 Å². The highest BCUT2D eigenvalue weighted by Gasteiger charge is 2.36. The molecule has 1 heterocycles. The maximum atomic E-state index is 13.5. The van der Waals surface area contributed by atoms with Gasteiger partial charge in [-0.3, -0.25) is 0 Å². The van der Waals surface area contributed by atoms with E-state index in [0.717, 1.165) is 18.9 Å². The van der Waals surface area contributed by atoms with Crippen LogP contribution in [0.25, 0.3) is 10.9 Å². The van der Waals surface area contributed by atoms with Crippen molar-refractivity contribution >= 4 is 16.7 Å². The van der Waals surface area contributed by atoms with Crippen molar-refractivity contribution < 1.29 is 17.6 Å². The van der Waals surface area contributed by atoms with E-state index in [2.05, 4.69) is 9.97 Å². The van der Waals surface area contributed by atoms with Crippen LogP contribution in [0.3, 0.4) is 0 Å². The number of aromatic nitrogens is 2. The Bertz CT molecular complexity index is 649. The molecule has 0 atom stereocenters. The summed E-state index contributed by atoms with van der Waals surface area (Å²) in [5, 5.41) is 0.301. The Balaban J connectivity index is 2.68. The maximum absolute atomic E-state index is 13.5. The van der Waals surface area contributed by atoms with E-state index in [9.17, 15) is 17.6 Å². The molecule has 0 saturated carbocycles. The Morgan fingerprint density at radius 1 is 1.05 bits per heavy atom. The predicted octanol–water partition coefficient (Wildman–Crippen LogP) is 4.41. The minimum absolute atomic E-state index is 0.0935. The number of halogens is 4. The van der Waals surface area contributed by atoms with Gasteiger partial charge in [0.1, 0.15) is 11.6 Å². The Labute approximate surface area is 126 Å². The molecule has 1 aromatic carbocycles. The Morgan fingerprint density at radius 2 is 1.68 bits per heavy atom. The topological polar surface area (TPSA) is 29.0 Å². The highest BCUT2D eigenvalue weighted by Crippen LogP contribution is 2.32. The molecule has 7 heteroatoms. The molecule has 0 aliphatic carbocycles. The van der Waals surface area contributed by atoms with Crippen LogP contribution in [0.5, 0.6) is 0 Å². The molecule has 0 unspecified atom stereocenters. The summed E-state index contributed by atoms with van der Waals surface area (Å²) in [5.41, 5.74) is 0.0935. The number of benzene rings is 1. The van der Waals surface area contributed by atoms with Crippen LogP contribution in [0.2, 0.25) is 0 Å². The summed E-state index contributed by atoms with van der Waals surface area (Å²) < 4.78 is 52.5. The fourth-order valence-corrected chi connectivity index (χ4v) is 2.32. The lowest BCUT2D eigenvalue weighted by molar-refractivity contribution is -0.144. The summed E-state index contributed by atoms with van der Waals surface area (Å²) in [6.45, 7) is 4.95. The summed E-state index contributed by atoms with van der Waals surface area (Å²) in [6, 6.07) is 3.54. The molecule has 0 bridgehead atoms. The second kappa shape index (κ2) is 6.46. The van der Waals surface area contributed by atoms with Gasteiger partial charge in [0, 0.05) is 18.5 Å². The number of nitrogens with zero attached hydrogens (tertiary/aromatic N) is 3. The molecule has 2 aromatic rings. The van der Waals surface area contributed by atoms with Gasteiger partial charge in [-0.1, -0.05) is 13.8 Å². The molecule has 1 aromatic heterocycles. The molecule has 0 N–H and O–H groups in total. The summed E-state index contributed by atoms with van der Waals surface area (Å²) >= 11 is 0. The third kappa shape index (κ3) is 3.45. The molecule has 2 rings (SSSR count). The number of alkyl halides is 3. The van der Waals surface area contributed by atoms with Gasteiger partial charge in [-0.25, -0.2) is 14.4 Å². The van der Waals surface area contributed by atoms with Gasteiger partial charge in [-0.2, -0.15) is 13.2 Å². The SMILES string of the molecule is CCCN(CCC)c1nc(C(F)(F)F)nc2ccc(F)cc12. The van der Waals surface area contributed by atoms with Crippen molar-refractivity contribution in [1.82, 2.24) is 9.97 Å². The predicted molar refractivity (Wildman–Crippen MR) is 77.3 cm³/mol. The van der Waals surface area contributed by atoms with E-state index in [1.807, 2.05) is 13.8 Å². The Morgan fingerprint density at radius 3 is 2.23 bits per heavy atom. The van der Waals surface area contributed by atoms with Crippen molar-refractivity contribution in [2.75, 3.05) is 18.0 Å². The third-order valence-electron chi connectivity index (χ3n) is 3.18. The first-order valence-corrected chi connectivity index (χ1v) is 7.16. The smallest absolute Gasteiger partial charge is 0.356 e. The van der Waals surface area contributed by atoms with Crippen LogP contribution in [0.4, 0.5) is 23.4 Å². The molecule has 0 saturated heterocycles. The van der Waals surface area contributed by atoms with Crippen LogP contribution in [0.15, 0.2) is 18.2 Å². The highest BCUT2D eigenvalue weighted by atomic mass is 19.4. The van der Waals surface area contributed by atoms with Gasteiger partial charge >= 0.3 is 6.18 Å². The molecule has 0 fully saturated rings. The monoisotopic (exact) mass is 315 g/mol. The highest BCUT2D eigenvalue weighted by molar-refractivity contribution is 5.89. The van der Waals surface area contributed by atoms with E-state index in [-0.39, 0.29) is 11.3 Å². The van der Waals surface area contributed by atoms with Crippen molar-refractivity contribution in [3.63, 3.8) is 0 Å². The Hall–Kier alpha value is -1.92. The number of fused-ring (bicyclic) bond motifs is 1. The second-order valence-electron chi connectivity index (χ2n) is 5.02. The molecule has 0 aliphatic heterocycles. The van der Waals surface area contributed by atoms with Crippen LogP contribution in [-0.4, -0.2) is 23.1 Å². The minimum Gasteiger partial charge on any atom is -0.356 e. The molecule has 0 aliphatic rings. The van der Waals surface area contributed by atoms with Gasteiger partial charge < -0.3 is 4.90 Å². The molecule has 0 spiro atoms. The molecule has 22 heavy (non-hydrogen) atoms. The van der Waals surface area contributed by atoms with Gasteiger partial charge in [-0.15, -0.1) is 0 Å². The first-order valence-electron chi connectivity index (χ1n) is 7.16. The molecular weight excluding hydrogens is 298 g/mol. The fraction of sp³-hybridized carbons (Fsp3) is 0.467. The zero-order valence-electron chi connectivity index (χ0n) is 12.4. The first-order chi connectivity index (χ1) is 10.4. The van der Waals surface area contributed by atoms with E-state index in [4.69, 9.17) is 0 Å². The van der Waals surface area contributed by atoms with Crippen LogP contribution in [0, 0.1) is 5.82 Å².